The van der Waals surface area contributed by atoms with E-state index in [1.54, 1.807) is 0 Å². The van der Waals surface area contributed by atoms with Gasteiger partial charge in [-0.25, -0.2) is 0 Å². The standard InChI is InChI=1S/2C18H15P.2Ru/c2*1-4-10-16(11-5-1)19(17-12-6-2-7-13-17)18-14-8-3-9-15-18;;/h2*1-15H;;. The van der Waals surface area contributed by atoms with Gasteiger partial charge in [-0.2, -0.15) is 0 Å². The molecule has 6 aromatic rings. The van der Waals surface area contributed by atoms with Crippen LogP contribution in [0.15, 0.2) is 182 Å². The summed E-state index contributed by atoms with van der Waals surface area (Å²) in [5, 5.41) is 8.39. The van der Waals surface area contributed by atoms with E-state index in [0.717, 1.165) is 0 Å². The zero-order chi connectivity index (χ0) is 25.8. The van der Waals surface area contributed by atoms with Crippen molar-refractivity contribution in [2.75, 3.05) is 0 Å². The van der Waals surface area contributed by atoms with E-state index in [1.165, 1.54) is 31.8 Å². The summed E-state index contributed by atoms with van der Waals surface area (Å²) >= 11 is 0. The van der Waals surface area contributed by atoms with E-state index in [0.29, 0.717) is 0 Å². The summed E-state index contributed by atoms with van der Waals surface area (Å²) in [6.45, 7) is 0. The van der Waals surface area contributed by atoms with E-state index in [2.05, 4.69) is 182 Å². The fourth-order valence-electron chi connectivity index (χ4n) is 4.36. The SMILES string of the molecule is [Ru].[Ru].c1ccc(P(c2ccccc2)c2ccccc2)cc1.c1ccc(P(c2ccccc2)c2ccccc2)cc1. The first kappa shape index (κ1) is 31.9. The molecule has 0 aromatic heterocycles. The molecule has 0 saturated carbocycles. The zero-order valence-electron chi connectivity index (χ0n) is 21.9. The van der Waals surface area contributed by atoms with Gasteiger partial charge >= 0.3 is 0 Å². The van der Waals surface area contributed by atoms with Gasteiger partial charge in [-0.15, -0.1) is 0 Å². The predicted molar refractivity (Wildman–Crippen MR) is 170 cm³/mol. The van der Waals surface area contributed by atoms with Gasteiger partial charge in [0, 0.05) is 39.0 Å². The average Bonchev–Trinajstić information content (AvgIpc) is 3.01. The van der Waals surface area contributed by atoms with Gasteiger partial charge in [0.25, 0.3) is 0 Å². The Kier molecular flexibility index (Phi) is 13.8. The van der Waals surface area contributed by atoms with Gasteiger partial charge in [-0.1, -0.05) is 182 Å². The van der Waals surface area contributed by atoms with Crippen molar-refractivity contribution in [3.8, 4) is 0 Å². The maximum atomic E-state index is 2.23. The molecule has 6 aromatic carbocycles. The molecule has 0 fully saturated rings. The molecule has 0 spiro atoms. The van der Waals surface area contributed by atoms with Crippen LogP contribution in [-0.2, 0) is 39.0 Å². The molecule has 0 N–H and O–H groups in total. The molecule has 6 rings (SSSR count). The monoisotopic (exact) mass is 728 g/mol. The molecule has 200 valence electrons. The van der Waals surface area contributed by atoms with Crippen molar-refractivity contribution in [1.82, 2.24) is 0 Å². The van der Waals surface area contributed by atoms with Gasteiger partial charge < -0.3 is 0 Å². The Morgan fingerprint density at radius 3 is 0.450 bits per heavy atom. The number of hydrogen-bond donors (Lipinski definition) is 0. The van der Waals surface area contributed by atoms with Gasteiger partial charge in [-0.3, -0.25) is 0 Å². The molecule has 0 atom stereocenters. The summed E-state index contributed by atoms with van der Waals surface area (Å²) in [6.07, 6.45) is 0. The Hall–Kier alpha value is -2.57. The van der Waals surface area contributed by atoms with Crippen LogP contribution in [0.3, 0.4) is 0 Å². The van der Waals surface area contributed by atoms with Crippen LogP contribution in [0.4, 0.5) is 0 Å². The molecule has 40 heavy (non-hydrogen) atoms. The molecule has 4 heteroatoms. The smallest absolute Gasteiger partial charge is 0 e. The zero-order valence-corrected chi connectivity index (χ0v) is 27.2. The summed E-state index contributed by atoms with van der Waals surface area (Å²) in [5.41, 5.74) is 0. The molecule has 0 bridgehead atoms. The van der Waals surface area contributed by atoms with Gasteiger partial charge in [-0.05, 0) is 47.7 Å². The molecule has 0 heterocycles. The van der Waals surface area contributed by atoms with Crippen LogP contribution in [0.25, 0.3) is 0 Å². The second-order valence-electron chi connectivity index (χ2n) is 8.68. The van der Waals surface area contributed by atoms with Crippen molar-refractivity contribution in [1.29, 1.82) is 0 Å². The summed E-state index contributed by atoms with van der Waals surface area (Å²) in [7, 11) is -0.892. The van der Waals surface area contributed by atoms with Crippen molar-refractivity contribution in [3.05, 3.63) is 182 Å². The topological polar surface area (TPSA) is 0 Å². The maximum absolute atomic E-state index is 2.23. The van der Waals surface area contributed by atoms with Gasteiger partial charge in [0.15, 0.2) is 0 Å². The molecule has 0 unspecified atom stereocenters. The first-order chi connectivity index (χ1) is 18.9. The molecule has 0 amide bonds. The summed E-state index contributed by atoms with van der Waals surface area (Å²) in [6, 6.07) is 64.7. The van der Waals surface area contributed by atoms with Crippen LogP contribution >= 0.6 is 15.8 Å². The first-order valence-electron chi connectivity index (χ1n) is 12.8. The number of rotatable bonds is 6. The van der Waals surface area contributed by atoms with E-state index in [4.69, 9.17) is 0 Å². The quantitative estimate of drug-likeness (QED) is 0.130. The normalized spacial score (nSPS) is 10.1. The fourth-order valence-corrected chi connectivity index (χ4v) is 8.97. The van der Waals surface area contributed by atoms with Crippen molar-refractivity contribution in [2.24, 2.45) is 0 Å². The molecule has 0 aliphatic rings. The summed E-state index contributed by atoms with van der Waals surface area (Å²) in [4.78, 5) is 0. The Bertz CT molecular complexity index is 1180. The van der Waals surface area contributed by atoms with Crippen molar-refractivity contribution >= 4 is 47.7 Å². The van der Waals surface area contributed by atoms with E-state index >= 15 is 0 Å². The Morgan fingerprint density at radius 1 is 0.200 bits per heavy atom. The molecular formula is C36H30P2Ru2. The van der Waals surface area contributed by atoms with Crippen LogP contribution in [-0.4, -0.2) is 0 Å². The third kappa shape index (κ3) is 8.71. The third-order valence-electron chi connectivity index (χ3n) is 6.09. The molecular weight excluding hydrogens is 696 g/mol. The predicted octanol–water partition coefficient (Wildman–Crippen LogP) is 6.88. The van der Waals surface area contributed by atoms with Gasteiger partial charge in [0.2, 0.25) is 0 Å². The molecule has 0 saturated heterocycles. The Morgan fingerprint density at radius 2 is 0.325 bits per heavy atom. The van der Waals surface area contributed by atoms with Crippen LogP contribution in [0.2, 0.25) is 0 Å². The van der Waals surface area contributed by atoms with E-state index in [1.807, 2.05) is 0 Å². The average molecular weight is 727 g/mol. The summed E-state index contributed by atoms with van der Waals surface area (Å²) < 4.78 is 0. The second-order valence-corrected chi connectivity index (χ2v) is 13.1. The van der Waals surface area contributed by atoms with Crippen molar-refractivity contribution < 1.29 is 39.0 Å². The maximum Gasteiger partial charge on any atom is 0 e. The van der Waals surface area contributed by atoms with Crippen molar-refractivity contribution in [3.63, 3.8) is 0 Å². The Labute approximate surface area is 266 Å². The molecule has 0 nitrogen and oxygen atoms in total. The van der Waals surface area contributed by atoms with Crippen molar-refractivity contribution in [2.45, 2.75) is 0 Å². The van der Waals surface area contributed by atoms with Gasteiger partial charge in [0.05, 0.1) is 0 Å². The van der Waals surface area contributed by atoms with Crippen LogP contribution < -0.4 is 31.8 Å². The minimum Gasteiger partial charge on any atom is -0.0622 e. The molecule has 0 aliphatic carbocycles. The summed E-state index contributed by atoms with van der Waals surface area (Å²) in [5.74, 6) is 0. The third-order valence-corrected chi connectivity index (χ3v) is 11.0. The number of benzene rings is 6. The Balaban J connectivity index is 0.000000210. The van der Waals surface area contributed by atoms with Crippen LogP contribution in [0, 0.1) is 0 Å². The first-order valence-corrected chi connectivity index (χ1v) is 15.5. The van der Waals surface area contributed by atoms with E-state index < -0.39 is 15.8 Å². The van der Waals surface area contributed by atoms with Crippen LogP contribution in [0.5, 0.6) is 0 Å². The minimum absolute atomic E-state index is 0. The van der Waals surface area contributed by atoms with Gasteiger partial charge in [0.1, 0.15) is 0 Å². The van der Waals surface area contributed by atoms with Crippen LogP contribution in [0.1, 0.15) is 0 Å². The van der Waals surface area contributed by atoms with E-state index in [9.17, 15) is 0 Å². The minimum atomic E-state index is -0.446. The molecule has 0 radical (unpaired) electrons. The van der Waals surface area contributed by atoms with E-state index in [-0.39, 0.29) is 39.0 Å². The molecule has 0 aliphatic heterocycles. The number of hydrogen-bond acceptors (Lipinski definition) is 0. The largest absolute Gasteiger partial charge is 0.0622 e. The second kappa shape index (κ2) is 17.3. The fraction of sp³-hybridized carbons (Fsp3) is 0.